The van der Waals surface area contributed by atoms with Gasteiger partial charge in [-0.3, -0.25) is 4.68 Å². The first-order valence-corrected chi connectivity index (χ1v) is 6.88. The van der Waals surface area contributed by atoms with Crippen molar-refractivity contribution in [2.24, 2.45) is 5.92 Å². The molecule has 1 aliphatic carbocycles. The van der Waals surface area contributed by atoms with Gasteiger partial charge in [0.15, 0.2) is 5.69 Å². The first kappa shape index (κ1) is 15.3. The van der Waals surface area contributed by atoms with Gasteiger partial charge in [0.25, 0.3) is 0 Å². The van der Waals surface area contributed by atoms with Gasteiger partial charge < -0.3 is 10.4 Å². The van der Waals surface area contributed by atoms with Gasteiger partial charge in [0.1, 0.15) is 0 Å². The molecule has 4 nitrogen and oxygen atoms in total. The molecule has 114 valence electrons. The second-order valence-electron chi connectivity index (χ2n) is 5.41. The maximum atomic E-state index is 12.5. The van der Waals surface area contributed by atoms with E-state index in [4.69, 9.17) is 0 Å². The topological polar surface area (TPSA) is 50.1 Å². The van der Waals surface area contributed by atoms with Crippen molar-refractivity contribution < 1.29 is 18.3 Å². The molecule has 1 aliphatic rings. The number of aliphatic hydroxyl groups excluding tert-OH is 1. The van der Waals surface area contributed by atoms with E-state index in [0.29, 0.717) is 5.92 Å². The molecule has 1 atom stereocenters. The number of nitrogens with zero attached hydrogens (tertiary/aromatic N) is 2. The Hall–Kier alpha value is -1.08. The van der Waals surface area contributed by atoms with Crippen LogP contribution in [0.25, 0.3) is 0 Å². The van der Waals surface area contributed by atoms with E-state index in [1.807, 2.05) is 6.92 Å². The summed E-state index contributed by atoms with van der Waals surface area (Å²) in [7, 11) is 0. The van der Waals surface area contributed by atoms with Crippen molar-refractivity contribution in [3.8, 4) is 0 Å². The molecule has 0 amide bonds. The van der Waals surface area contributed by atoms with Gasteiger partial charge in [-0.2, -0.15) is 18.3 Å². The molecular weight excluding hydrogens is 271 g/mol. The van der Waals surface area contributed by atoms with Crippen LogP contribution in [0.3, 0.4) is 0 Å². The van der Waals surface area contributed by atoms with E-state index in [0.717, 1.165) is 31.9 Å². The Balaban J connectivity index is 2.13. The molecule has 1 unspecified atom stereocenters. The van der Waals surface area contributed by atoms with Crippen LogP contribution in [0.4, 0.5) is 13.2 Å². The minimum Gasteiger partial charge on any atom is -0.394 e. The highest BCUT2D eigenvalue weighted by atomic mass is 19.4. The summed E-state index contributed by atoms with van der Waals surface area (Å²) in [6.07, 6.45) is -0.219. The fourth-order valence-electron chi connectivity index (χ4n) is 2.46. The quantitative estimate of drug-likeness (QED) is 0.808. The second-order valence-corrected chi connectivity index (χ2v) is 5.41. The third-order valence-corrected chi connectivity index (χ3v) is 3.74. The van der Waals surface area contributed by atoms with Gasteiger partial charge in [-0.1, -0.05) is 6.92 Å². The van der Waals surface area contributed by atoms with Crippen LogP contribution in [0.1, 0.15) is 31.9 Å². The predicted molar refractivity (Wildman–Crippen MR) is 68.1 cm³/mol. The van der Waals surface area contributed by atoms with Crippen LogP contribution in [-0.4, -0.2) is 33.6 Å². The van der Waals surface area contributed by atoms with E-state index in [2.05, 4.69) is 10.4 Å². The monoisotopic (exact) mass is 291 g/mol. The zero-order chi connectivity index (χ0) is 14.8. The number of aliphatic hydroxyl groups is 1. The van der Waals surface area contributed by atoms with Crippen molar-refractivity contribution >= 4 is 0 Å². The molecule has 1 heterocycles. The van der Waals surface area contributed by atoms with Crippen molar-refractivity contribution in [2.45, 2.75) is 44.4 Å². The molecule has 0 aromatic carbocycles. The van der Waals surface area contributed by atoms with Crippen molar-refractivity contribution in [2.75, 3.05) is 13.2 Å². The molecule has 2 rings (SSSR count). The first-order valence-electron chi connectivity index (χ1n) is 6.88. The van der Waals surface area contributed by atoms with Crippen LogP contribution >= 0.6 is 0 Å². The Kier molecular flexibility index (Phi) is 4.39. The number of aromatic nitrogens is 2. The number of alkyl halides is 3. The minimum atomic E-state index is -4.43. The molecule has 1 aromatic heterocycles. The SMILES string of the molecule is CCCNC(CO)(Cn1ccc(C(F)(F)F)n1)C1CC1. The summed E-state index contributed by atoms with van der Waals surface area (Å²) in [5, 5.41) is 16.6. The summed E-state index contributed by atoms with van der Waals surface area (Å²) in [5.74, 6) is 0.303. The summed E-state index contributed by atoms with van der Waals surface area (Å²) < 4.78 is 38.9. The zero-order valence-electron chi connectivity index (χ0n) is 11.5. The van der Waals surface area contributed by atoms with Gasteiger partial charge in [-0.15, -0.1) is 0 Å². The highest BCUT2D eigenvalue weighted by molar-refractivity contribution is 5.06. The van der Waals surface area contributed by atoms with E-state index in [1.54, 1.807) is 0 Å². The molecule has 2 N–H and O–H groups in total. The number of hydrogen-bond donors (Lipinski definition) is 2. The van der Waals surface area contributed by atoms with E-state index in [9.17, 15) is 18.3 Å². The fraction of sp³-hybridized carbons (Fsp3) is 0.769. The third kappa shape index (κ3) is 3.32. The number of halogens is 3. The van der Waals surface area contributed by atoms with Gasteiger partial charge in [0, 0.05) is 6.20 Å². The van der Waals surface area contributed by atoms with E-state index in [-0.39, 0.29) is 13.2 Å². The second kappa shape index (κ2) is 5.73. The molecule has 20 heavy (non-hydrogen) atoms. The lowest BCUT2D eigenvalue weighted by Crippen LogP contribution is -2.54. The molecule has 1 fully saturated rings. The van der Waals surface area contributed by atoms with Crippen LogP contribution in [0.2, 0.25) is 0 Å². The van der Waals surface area contributed by atoms with Crippen LogP contribution in [0, 0.1) is 5.92 Å². The predicted octanol–water partition coefficient (Wildman–Crippen LogP) is 2.04. The number of hydrogen-bond acceptors (Lipinski definition) is 3. The number of rotatable bonds is 7. The average molecular weight is 291 g/mol. The van der Waals surface area contributed by atoms with Gasteiger partial charge in [0.05, 0.1) is 18.7 Å². The molecule has 0 saturated heterocycles. The molecule has 0 aliphatic heterocycles. The smallest absolute Gasteiger partial charge is 0.394 e. The zero-order valence-corrected chi connectivity index (χ0v) is 11.5. The lowest BCUT2D eigenvalue weighted by molar-refractivity contribution is -0.141. The maximum absolute atomic E-state index is 12.5. The first-order chi connectivity index (χ1) is 9.41. The molecule has 0 spiro atoms. The van der Waals surface area contributed by atoms with E-state index in [1.165, 1.54) is 10.9 Å². The van der Waals surface area contributed by atoms with Gasteiger partial charge in [-0.05, 0) is 37.8 Å². The van der Waals surface area contributed by atoms with Crippen LogP contribution < -0.4 is 5.32 Å². The van der Waals surface area contributed by atoms with Gasteiger partial charge in [0.2, 0.25) is 0 Å². The largest absolute Gasteiger partial charge is 0.435 e. The Morgan fingerprint density at radius 2 is 2.15 bits per heavy atom. The summed E-state index contributed by atoms with van der Waals surface area (Å²) in [6, 6.07) is 0.967. The van der Waals surface area contributed by atoms with Crippen molar-refractivity contribution in [3.05, 3.63) is 18.0 Å². The van der Waals surface area contributed by atoms with E-state index >= 15 is 0 Å². The standard InChI is InChI=1S/C13H20F3N3O/c1-2-6-17-12(9-20,10-3-4-10)8-19-7-5-11(18-19)13(14,15)16/h5,7,10,17,20H,2-4,6,8-9H2,1H3. The van der Waals surface area contributed by atoms with Crippen molar-refractivity contribution in [3.63, 3.8) is 0 Å². The number of nitrogens with one attached hydrogen (secondary N) is 1. The molecule has 7 heteroatoms. The summed E-state index contributed by atoms with van der Waals surface area (Å²) >= 11 is 0. The summed E-state index contributed by atoms with van der Waals surface area (Å²) in [6.45, 7) is 2.89. The Labute approximate surface area is 116 Å². The van der Waals surface area contributed by atoms with Gasteiger partial charge >= 0.3 is 6.18 Å². The molecular formula is C13H20F3N3O. The molecule has 0 bridgehead atoms. The molecule has 0 radical (unpaired) electrons. The highest BCUT2D eigenvalue weighted by Crippen LogP contribution is 2.40. The van der Waals surface area contributed by atoms with Crippen LogP contribution in [0.15, 0.2) is 12.3 Å². The van der Waals surface area contributed by atoms with Crippen LogP contribution in [0.5, 0.6) is 0 Å². The van der Waals surface area contributed by atoms with E-state index < -0.39 is 17.4 Å². The summed E-state index contributed by atoms with van der Waals surface area (Å²) in [4.78, 5) is 0. The molecule has 1 aromatic rings. The Morgan fingerprint density at radius 3 is 2.60 bits per heavy atom. The highest BCUT2D eigenvalue weighted by Gasteiger charge is 2.45. The fourth-order valence-corrected chi connectivity index (χ4v) is 2.46. The summed E-state index contributed by atoms with van der Waals surface area (Å²) in [5.41, 5.74) is -1.46. The normalized spacial score (nSPS) is 19.1. The maximum Gasteiger partial charge on any atom is 0.435 e. The van der Waals surface area contributed by atoms with Gasteiger partial charge in [-0.25, -0.2) is 0 Å². The third-order valence-electron chi connectivity index (χ3n) is 3.74. The van der Waals surface area contributed by atoms with Crippen LogP contribution in [-0.2, 0) is 12.7 Å². The lowest BCUT2D eigenvalue weighted by atomic mass is 9.94. The lowest BCUT2D eigenvalue weighted by Gasteiger charge is -2.33. The molecule has 1 saturated carbocycles. The minimum absolute atomic E-state index is 0.0983. The Morgan fingerprint density at radius 1 is 1.45 bits per heavy atom. The van der Waals surface area contributed by atoms with Crippen molar-refractivity contribution in [1.82, 2.24) is 15.1 Å². The Bertz CT molecular complexity index is 442. The van der Waals surface area contributed by atoms with Crippen molar-refractivity contribution in [1.29, 1.82) is 0 Å². The average Bonchev–Trinajstić information content (AvgIpc) is 3.14.